The van der Waals surface area contributed by atoms with Gasteiger partial charge in [0.2, 0.25) is 5.91 Å². The van der Waals surface area contributed by atoms with Crippen molar-refractivity contribution in [2.75, 3.05) is 18.8 Å². The second kappa shape index (κ2) is 6.30. The molecule has 3 nitrogen and oxygen atoms in total. The molecule has 0 saturated carbocycles. The third kappa shape index (κ3) is 4.33. The van der Waals surface area contributed by atoms with Gasteiger partial charge in [-0.2, -0.15) is 11.8 Å². The first kappa shape index (κ1) is 11.9. The number of nitrogens with one attached hydrogen (secondary N) is 2. The molecule has 2 atom stereocenters. The van der Waals surface area contributed by atoms with Crippen molar-refractivity contribution in [1.82, 2.24) is 10.6 Å². The molecule has 1 saturated heterocycles. The molecule has 1 fully saturated rings. The third-order valence-electron chi connectivity index (χ3n) is 2.51. The van der Waals surface area contributed by atoms with Gasteiger partial charge in [-0.3, -0.25) is 4.79 Å². The number of thioether (sulfide) groups is 1. The lowest BCUT2D eigenvalue weighted by Crippen LogP contribution is -2.42. The lowest BCUT2D eigenvalue weighted by molar-refractivity contribution is -0.118. The fourth-order valence-corrected chi connectivity index (χ4v) is 2.86. The van der Waals surface area contributed by atoms with Crippen LogP contribution in [0.4, 0.5) is 0 Å². The van der Waals surface area contributed by atoms with Crippen molar-refractivity contribution in [3.63, 3.8) is 0 Å². The molecule has 0 spiro atoms. The Morgan fingerprint density at radius 1 is 1.50 bits per heavy atom. The van der Waals surface area contributed by atoms with E-state index in [2.05, 4.69) is 17.6 Å². The zero-order valence-corrected chi connectivity index (χ0v) is 9.82. The zero-order chi connectivity index (χ0) is 10.4. The molecule has 2 N–H and O–H groups in total. The van der Waals surface area contributed by atoms with Crippen LogP contribution in [0.3, 0.4) is 0 Å². The van der Waals surface area contributed by atoms with E-state index in [1.54, 1.807) is 6.92 Å². The van der Waals surface area contributed by atoms with Crippen molar-refractivity contribution >= 4 is 17.7 Å². The highest BCUT2D eigenvalue weighted by Gasteiger charge is 2.20. The minimum Gasteiger partial charge on any atom is -0.355 e. The first-order valence-electron chi connectivity index (χ1n) is 5.29. The summed E-state index contributed by atoms with van der Waals surface area (Å²) in [5.41, 5.74) is 0. The predicted octanol–water partition coefficient (Wildman–Crippen LogP) is 0.996. The van der Waals surface area contributed by atoms with Gasteiger partial charge in [0.1, 0.15) is 0 Å². The summed E-state index contributed by atoms with van der Waals surface area (Å²) in [7, 11) is 0. The minimum atomic E-state index is 0.0536. The number of carbonyl (C=O) groups excluding carboxylic acids is 1. The molecule has 0 aliphatic carbocycles. The van der Waals surface area contributed by atoms with Crippen LogP contribution < -0.4 is 10.6 Å². The van der Waals surface area contributed by atoms with E-state index in [4.69, 9.17) is 0 Å². The molecule has 0 radical (unpaired) electrons. The average Bonchev–Trinajstić information content (AvgIpc) is 2.15. The van der Waals surface area contributed by atoms with Gasteiger partial charge in [-0.05, 0) is 18.6 Å². The Kier molecular flexibility index (Phi) is 5.33. The van der Waals surface area contributed by atoms with Crippen LogP contribution in [-0.4, -0.2) is 36.0 Å². The lowest BCUT2D eigenvalue weighted by atomic mass is 10.1. The highest BCUT2D eigenvalue weighted by molar-refractivity contribution is 7.99. The largest absolute Gasteiger partial charge is 0.355 e. The van der Waals surface area contributed by atoms with E-state index < -0.39 is 0 Å². The summed E-state index contributed by atoms with van der Waals surface area (Å²) < 4.78 is 0. The van der Waals surface area contributed by atoms with Crippen LogP contribution in [-0.2, 0) is 4.79 Å². The van der Waals surface area contributed by atoms with Crippen molar-refractivity contribution in [2.45, 2.75) is 38.0 Å². The van der Waals surface area contributed by atoms with Gasteiger partial charge in [-0.1, -0.05) is 6.92 Å². The van der Waals surface area contributed by atoms with E-state index in [0.717, 1.165) is 13.1 Å². The van der Waals surface area contributed by atoms with Crippen LogP contribution in [0.2, 0.25) is 0 Å². The van der Waals surface area contributed by atoms with Crippen LogP contribution in [0.5, 0.6) is 0 Å². The van der Waals surface area contributed by atoms with E-state index in [0.29, 0.717) is 11.3 Å². The van der Waals surface area contributed by atoms with E-state index in [1.165, 1.54) is 18.6 Å². The number of amides is 1. The topological polar surface area (TPSA) is 41.1 Å². The molecule has 2 unspecified atom stereocenters. The Hall–Kier alpha value is -0.220. The average molecular weight is 216 g/mol. The highest BCUT2D eigenvalue weighted by atomic mass is 32.2. The molecule has 1 aliphatic heterocycles. The lowest BCUT2D eigenvalue weighted by Gasteiger charge is -2.29. The number of rotatable bonds is 4. The van der Waals surface area contributed by atoms with E-state index in [9.17, 15) is 4.79 Å². The molecule has 1 aliphatic rings. The summed E-state index contributed by atoms with van der Waals surface area (Å²) in [6.07, 6.45) is 2.58. The minimum absolute atomic E-state index is 0.0536. The van der Waals surface area contributed by atoms with Gasteiger partial charge in [-0.15, -0.1) is 0 Å². The van der Waals surface area contributed by atoms with Crippen LogP contribution in [0.1, 0.15) is 26.7 Å². The normalized spacial score (nSPS) is 27.3. The van der Waals surface area contributed by atoms with Gasteiger partial charge < -0.3 is 10.6 Å². The van der Waals surface area contributed by atoms with Crippen LogP contribution in [0.15, 0.2) is 0 Å². The monoisotopic (exact) mass is 216 g/mol. The first-order valence-corrected chi connectivity index (χ1v) is 6.34. The summed E-state index contributed by atoms with van der Waals surface area (Å²) in [5, 5.41) is 6.99. The Morgan fingerprint density at radius 2 is 2.29 bits per heavy atom. The van der Waals surface area contributed by atoms with Gasteiger partial charge in [0.15, 0.2) is 0 Å². The van der Waals surface area contributed by atoms with Crippen LogP contribution in [0.25, 0.3) is 0 Å². The summed E-state index contributed by atoms with van der Waals surface area (Å²) in [4.78, 5) is 10.6. The van der Waals surface area contributed by atoms with Crippen LogP contribution >= 0.6 is 11.8 Å². The molecule has 1 heterocycles. The van der Waals surface area contributed by atoms with E-state index in [-0.39, 0.29) is 5.91 Å². The zero-order valence-electron chi connectivity index (χ0n) is 9.01. The van der Waals surface area contributed by atoms with Crippen LogP contribution in [0, 0.1) is 0 Å². The fraction of sp³-hybridized carbons (Fsp3) is 0.900. The molecule has 0 aromatic rings. The highest BCUT2D eigenvalue weighted by Crippen LogP contribution is 2.24. The SMILES string of the molecule is CC(=O)NCCNC1CCCSC1C. The maximum atomic E-state index is 10.6. The van der Waals surface area contributed by atoms with Crippen molar-refractivity contribution < 1.29 is 4.79 Å². The van der Waals surface area contributed by atoms with Gasteiger partial charge >= 0.3 is 0 Å². The third-order valence-corrected chi connectivity index (χ3v) is 3.89. The number of hydrogen-bond donors (Lipinski definition) is 2. The number of carbonyl (C=O) groups is 1. The van der Waals surface area contributed by atoms with Gasteiger partial charge in [0, 0.05) is 31.3 Å². The van der Waals surface area contributed by atoms with E-state index in [1.807, 2.05) is 11.8 Å². The van der Waals surface area contributed by atoms with Crippen molar-refractivity contribution in [3.8, 4) is 0 Å². The van der Waals surface area contributed by atoms with E-state index >= 15 is 0 Å². The standard InChI is InChI=1S/C10H20N2OS/c1-8-10(4-3-7-14-8)12-6-5-11-9(2)13/h8,10,12H,3-7H2,1-2H3,(H,11,13). The molecule has 4 heteroatoms. The van der Waals surface area contributed by atoms with Gasteiger partial charge in [0.25, 0.3) is 0 Å². The second-order valence-corrected chi connectivity index (χ2v) is 5.25. The van der Waals surface area contributed by atoms with Crippen molar-refractivity contribution in [1.29, 1.82) is 0 Å². The maximum Gasteiger partial charge on any atom is 0.216 e. The summed E-state index contributed by atoms with van der Waals surface area (Å²) in [5.74, 6) is 1.35. The first-order chi connectivity index (χ1) is 6.70. The Morgan fingerprint density at radius 3 is 2.93 bits per heavy atom. The fourth-order valence-electron chi connectivity index (χ4n) is 1.69. The molecule has 1 amide bonds. The molecule has 14 heavy (non-hydrogen) atoms. The molecular weight excluding hydrogens is 196 g/mol. The number of hydrogen-bond acceptors (Lipinski definition) is 3. The molecule has 82 valence electrons. The summed E-state index contributed by atoms with van der Waals surface area (Å²) in [6, 6.07) is 0.627. The summed E-state index contributed by atoms with van der Waals surface area (Å²) in [6.45, 7) is 5.46. The Labute approximate surface area is 90.4 Å². The maximum absolute atomic E-state index is 10.6. The van der Waals surface area contributed by atoms with Crippen molar-refractivity contribution in [2.24, 2.45) is 0 Å². The molecule has 0 aromatic carbocycles. The Balaban J connectivity index is 2.07. The predicted molar refractivity (Wildman–Crippen MR) is 61.6 cm³/mol. The van der Waals surface area contributed by atoms with Gasteiger partial charge in [-0.25, -0.2) is 0 Å². The smallest absolute Gasteiger partial charge is 0.216 e. The molecular formula is C10H20N2OS. The molecule has 1 rings (SSSR count). The van der Waals surface area contributed by atoms with Gasteiger partial charge in [0.05, 0.1) is 0 Å². The molecule has 0 aromatic heterocycles. The quantitative estimate of drug-likeness (QED) is 0.689. The molecule has 0 bridgehead atoms. The van der Waals surface area contributed by atoms with Crippen molar-refractivity contribution in [3.05, 3.63) is 0 Å². The Bertz CT molecular complexity index is 187. The summed E-state index contributed by atoms with van der Waals surface area (Å²) >= 11 is 2.04. The second-order valence-electron chi connectivity index (χ2n) is 3.76.